The molecule has 0 bridgehead atoms. The average molecular weight is 309 g/mol. The third-order valence-corrected chi connectivity index (χ3v) is 3.65. The quantitative estimate of drug-likeness (QED) is 0.650. The normalized spacial score (nSPS) is 10.1. The zero-order valence-electron chi connectivity index (χ0n) is 10.9. The predicted octanol–water partition coefficient (Wildman–Crippen LogP) is 2.94. The molecule has 2 aromatic rings. The van der Waals surface area contributed by atoms with Gasteiger partial charge in [0.2, 0.25) is 0 Å². The number of benzene rings is 1. The monoisotopic (exact) mass is 309 g/mol. The van der Waals surface area contributed by atoms with Gasteiger partial charge in [0.05, 0.1) is 18.1 Å². The van der Waals surface area contributed by atoms with Crippen molar-refractivity contribution in [2.24, 2.45) is 0 Å². The molecule has 2 rings (SSSR count). The fourth-order valence-electron chi connectivity index (χ4n) is 1.61. The van der Waals surface area contributed by atoms with Crippen molar-refractivity contribution in [1.29, 1.82) is 0 Å². The molecule has 0 fully saturated rings. The van der Waals surface area contributed by atoms with Crippen LogP contribution in [0.3, 0.4) is 0 Å². The van der Waals surface area contributed by atoms with Crippen LogP contribution in [-0.2, 0) is 6.61 Å². The summed E-state index contributed by atoms with van der Waals surface area (Å²) in [5.74, 6) is -0.550. The highest BCUT2D eigenvalue weighted by atomic mass is 32.1. The first-order valence-corrected chi connectivity index (χ1v) is 6.60. The Kier molecular flexibility index (Phi) is 4.39. The van der Waals surface area contributed by atoms with Crippen LogP contribution in [0.2, 0.25) is 0 Å². The Bertz CT molecular complexity index is 681. The highest BCUT2D eigenvalue weighted by molar-refractivity contribution is 7.13. The van der Waals surface area contributed by atoms with Gasteiger partial charge in [-0.25, -0.2) is 4.79 Å². The van der Waals surface area contributed by atoms with Crippen molar-refractivity contribution in [3.63, 3.8) is 0 Å². The molecule has 0 aliphatic rings. The van der Waals surface area contributed by atoms with Crippen molar-refractivity contribution in [1.82, 2.24) is 0 Å². The molecule has 0 saturated heterocycles. The summed E-state index contributed by atoms with van der Waals surface area (Å²) in [4.78, 5) is 22.1. The summed E-state index contributed by atoms with van der Waals surface area (Å²) in [6.07, 6.45) is 0. The minimum absolute atomic E-state index is 0.0606. The molecule has 0 aliphatic carbocycles. The van der Waals surface area contributed by atoms with E-state index in [1.807, 2.05) is 0 Å². The van der Waals surface area contributed by atoms with Crippen LogP contribution >= 0.6 is 11.3 Å². The second kappa shape index (κ2) is 6.23. The third kappa shape index (κ3) is 3.48. The molecule has 0 saturated carbocycles. The molecule has 0 spiro atoms. The Balaban J connectivity index is 2.15. The van der Waals surface area contributed by atoms with E-state index >= 15 is 0 Å². The first-order valence-electron chi connectivity index (χ1n) is 5.78. The molecule has 0 unspecified atom stereocenters. The van der Waals surface area contributed by atoms with Crippen LogP contribution in [0.1, 0.15) is 14.5 Å². The molecule has 8 heteroatoms. The predicted molar refractivity (Wildman–Crippen MR) is 75.3 cm³/mol. The third-order valence-electron chi connectivity index (χ3n) is 2.61. The van der Waals surface area contributed by atoms with Crippen LogP contribution < -0.4 is 9.47 Å². The summed E-state index contributed by atoms with van der Waals surface area (Å²) in [5.41, 5.74) is -0.204. The first kappa shape index (κ1) is 14.8. The molecule has 1 aromatic carbocycles. The summed E-state index contributed by atoms with van der Waals surface area (Å²) in [6.45, 7) is 0.0606. The molecular formula is C13H11NO6S. The Labute approximate surface area is 123 Å². The number of carbonyl (C=O) groups is 1. The van der Waals surface area contributed by atoms with Crippen LogP contribution in [-0.4, -0.2) is 23.1 Å². The lowest BCUT2D eigenvalue weighted by Gasteiger charge is -2.07. The number of hydrogen-bond donors (Lipinski definition) is 1. The lowest BCUT2D eigenvalue weighted by molar-refractivity contribution is -0.386. The number of carboxylic acid groups (broad SMARTS) is 1. The number of nitro benzene ring substituents is 1. The Morgan fingerprint density at radius 2 is 2.14 bits per heavy atom. The van der Waals surface area contributed by atoms with Crippen LogP contribution in [0.4, 0.5) is 5.69 Å². The second-order valence-corrected chi connectivity index (χ2v) is 5.12. The summed E-state index contributed by atoms with van der Waals surface area (Å²) >= 11 is 1.06. The molecule has 21 heavy (non-hydrogen) atoms. The molecule has 7 nitrogen and oxygen atoms in total. The van der Waals surface area contributed by atoms with E-state index < -0.39 is 10.9 Å². The van der Waals surface area contributed by atoms with Gasteiger partial charge in [-0.2, -0.15) is 0 Å². The van der Waals surface area contributed by atoms with E-state index in [4.69, 9.17) is 14.6 Å². The molecule has 0 amide bonds. The van der Waals surface area contributed by atoms with Crippen LogP contribution in [0.5, 0.6) is 11.5 Å². The maximum Gasteiger partial charge on any atom is 0.345 e. The summed E-state index contributed by atoms with van der Waals surface area (Å²) in [5, 5.41) is 19.8. The Morgan fingerprint density at radius 3 is 2.71 bits per heavy atom. The highest BCUT2D eigenvalue weighted by Crippen LogP contribution is 2.32. The number of aromatic carboxylic acids is 1. The van der Waals surface area contributed by atoms with Crippen LogP contribution in [0.25, 0.3) is 0 Å². The van der Waals surface area contributed by atoms with Gasteiger partial charge in [-0.05, 0) is 24.3 Å². The van der Waals surface area contributed by atoms with Crippen molar-refractivity contribution in [2.45, 2.75) is 6.61 Å². The van der Waals surface area contributed by atoms with E-state index in [9.17, 15) is 14.9 Å². The molecule has 1 heterocycles. The lowest BCUT2D eigenvalue weighted by Crippen LogP contribution is -1.98. The minimum Gasteiger partial charge on any atom is -0.496 e. The largest absolute Gasteiger partial charge is 0.496 e. The summed E-state index contributed by atoms with van der Waals surface area (Å²) in [6, 6.07) is 7.35. The van der Waals surface area contributed by atoms with E-state index in [0.717, 1.165) is 11.3 Å². The van der Waals surface area contributed by atoms with Gasteiger partial charge in [-0.1, -0.05) is 0 Å². The van der Waals surface area contributed by atoms with Gasteiger partial charge in [0.25, 0.3) is 0 Å². The summed E-state index contributed by atoms with van der Waals surface area (Å²) in [7, 11) is 1.42. The second-order valence-electron chi connectivity index (χ2n) is 3.95. The number of nitrogens with zero attached hydrogens (tertiary/aromatic N) is 1. The van der Waals surface area contributed by atoms with Gasteiger partial charge >= 0.3 is 11.7 Å². The fraction of sp³-hybridized carbons (Fsp3) is 0.154. The summed E-state index contributed by atoms with van der Waals surface area (Å²) < 4.78 is 10.3. The minimum atomic E-state index is -1.01. The van der Waals surface area contributed by atoms with Gasteiger partial charge in [-0.15, -0.1) is 11.3 Å². The van der Waals surface area contributed by atoms with Crippen molar-refractivity contribution in [2.75, 3.05) is 7.11 Å². The van der Waals surface area contributed by atoms with Gasteiger partial charge < -0.3 is 14.6 Å². The molecular weight excluding hydrogens is 298 g/mol. The number of hydrogen-bond acceptors (Lipinski definition) is 6. The van der Waals surface area contributed by atoms with Gasteiger partial charge in [0, 0.05) is 4.88 Å². The number of methoxy groups -OCH3 is 1. The Hall–Kier alpha value is -2.61. The van der Waals surface area contributed by atoms with E-state index in [-0.39, 0.29) is 22.9 Å². The van der Waals surface area contributed by atoms with Crippen molar-refractivity contribution < 1.29 is 24.3 Å². The number of thiophene rings is 1. The SMILES string of the molecule is COc1ccc(OCc2ccc(C(=O)O)s2)c([N+](=O)[O-])c1. The zero-order valence-corrected chi connectivity index (χ0v) is 11.8. The molecule has 1 aromatic heterocycles. The van der Waals surface area contributed by atoms with Crippen LogP contribution in [0.15, 0.2) is 30.3 Å². The molecule has 0 atom stereocenters. The van der Waals surface area contributed by atoms with Gasteiger partial charge in [0.1, 0.15) is 17.2 Å². The zero-order chi connectivity index (χ0) is 15.4. The molecule has 0 radical (unpaired) electrons. The maximum atomic E-state index is 11.0. The number of rotatable bonds is 6. The van der Waals surface area contributed by atoms with Crippen molar-refractivity contribution >= 4 is 23.0 Å². The van der Waals surface area contributed by atoms with E-state index in [0.29, 0.717) is 10.6 Å². The van der Waals surface area contributed by atoms with Gasteiger partial charge in [0.15, 0.2) is 5.75 Å². The number of carboxylic acids is 1. The first-order chi connectivity index (χ1) is 10.0. The number of ether oxygens (including phenoxy) is 2. The van der Waals surface area contributed by atoms with Crippen molar-refractivity contribution in [3.05, 3.63) is 50.2 Å². The molecule has 0 aliphatic heterocycles. The van der Waals surface area contributed by atoms with Crippen LogP contribution in [0, 0.1) is 10.1 Å². The van der Waals surface area contributed by atoms with E-state index in [2.05, 4.69) is 0 Å². The van der Waals surface area contributed by atoms with Crippen molar-refractivity contribution in [3.8, 4) is 11.5 Å². The average Bonchev–Trinajstić information content (AvgIpc) is 2.94. The van der Waals surface area contributed by atoms with Gasteiger partial charge in [-0.3, -0.25) is 10.1 Å². The van der Waals surface area contributed by atoms with E-state index in [1.165, 1.54) is 25.3 Å². The number of nitro groups is 1. The topological polar surface area (TPSA) is 98.9 Å². The smallest absolute Gasteiger partial charge is 0.345 e. The lowest BCUT2D eigenvalue weighted by atomic mass is 10.3. The fourth-order valence-corrected chi connectivity index (χ4v) is 2.37. The highest BCUT2D eigenvalue weighted by Gasteiger charge is 2.17. The standard InChI is InChI=1S/C13H11NO6S/c1-19-8-2-4-11(10(6-8)14(17)18)20-7-9-3-5-12(21-9)13(15)16/h2-6H,7H2,1H3,(H,15,16). The molecule has 1 N–H and O–H groups in total. The Morgan fingerprint density at radius 1 is 1.38 bits per heavy atom. The van der Waals surface area contributed by atoms with E-state index in [1.54, 1.807) is 12.1 Å². The molecule has 110 valence electrons. The maximum absolute atomic E-state index is 11.0.